The number of ether oxygens (including phenoxy) is 1. The van der Waals surface area contributed by atoms with Crippen molar-refractivity contribution in [2.75, 3.05) is 26.8 Å². The molecule has 3 heterocycles. The summed E-state index contributed by atoms with van der Waals surface area (Å²) in [5.41, 5.74) is 0.374. The molecule has 0 radical (unpaired) electrons. The van der Waals surface area contributed by atoms with Gasteiger partial charge in [-0.1, -0.05) is 4.49 Å². The summed E-state index contributed by atoms with van der Waals surface area (Å²) in [6.45, 7) is 1.79. The van der Waals surface area contributed by atoms with Crippen LogP contribution >= 0.6 is 11.5 Å². The zero-order valence-corrected chi connectivity index (χ0v) is 12.0. The van der Waals surface area contributed by atoms with Gasteiger partial charge in [-0.25, -0.2) is 0 Å². The van der Waals surface area contributed by atoms with Gasteiger partial charge in [-0.15, -0.1) is 5.10 Å². The van der Waals surface area contributed by atoms with Gasteiger partial charge in [0.05, 0.1) is 18.7 Å². The monoisotopic (exact) mass is 296 g/mol. The summed E-state index contributed by atoms with van der Waals surface area (Å²) in [5, 5.41) is 5.47. The fraction of sp³-hybridized carbons (Fsp3) is 0.667. The molecule has 0 N–H and O–H groups in total. The van der Waals surface area contributed by atoms with Gasteiger partial charge in [0.1, 0.15) is 0 Å². The highest BCUT2D eigenvalue weighted by Crippen LogP contribution is 2.33. The SMILES string of the molecule is COCCN1C(=O)C[C@@H]2[C@H]1CCN2C(=O)c1csnn1. The maximum atomic E-state index is 12.4. The van der Waals surface area contributed by atoms with Gasteiger partial charge < -0.3 is 14.5 Å². The van der Waals surface area contributed by atoms with Crippen LogP contribution in [0.5, 0.6) is 0 Å². The van der Waals surface area contributed by atoms with E-state index in [-0.39, 0.29) is 23.9 Å². The standard InChI is InChI=1S/C12H16N4O3S/c1-19-5-4-15-9-2-3-16(10(9)6-11(15)17)12(18)8-7-20-14-13-8/h7,9-10H,2-6H2,1H3/t9-,10-/m1/s1. The van der Waals surface area contributed by atoms with E-state index < -0.39 is 0 Å². The lowest BCUT2D eigenvalue weighted by Gasteiger charge is -2.24. The van der Waals surface area contributed by atoms with Crippen LogP contribution in [0.15, 0.2) is 5.38 Å². The van der Waals surface area contributed by atoms with Crippen molar-refractivity contribution < 1.29 is 14.3 Å². The van der Waals surface area contributed by atoms with E-state index in [9.17, 15) is 9.59 Å². The smallest absolute Gasteiger partial charge is 0.275 e. The van der Waals surface area contributed by atoms with Crippen LogP contribution in [0.4, 0.5) is 0 Å². The predicted octanol–water partition coefficient (Wildman–Crippen LogP) is -0.000100. The number of carbonyl (C=O) groups excluding carboxylic acids is 2. The summed E-state index contributed by atoms with van der Waals surface area (Å²) in [6.07, 6.45) is 1.22. The Morgan fingerprint density at radius 1 is 1.55 bits per heavy atom. The van der Waals surface area contributed by atoms with Crippen LogP contribution in [-0.2, 0) is 9.53 Å². The van der Waals surface area contributed by atoms with E-state index in [0.717, 1.165) is 18.0 Å². The van der Waals surface area contributed by atoms with Crippen molar-refractivity contribution in [3.63, 3.8) is 0 Å². The zero-order valence-electron chi connectivity index (χ0n) is 11.2. The van der Waals surface area contributed by atoms with E-state index >= 15 is 0 Å². The molecular formula is C12H16N4O3S. The lowest BCUT2D eigenvalue weighted by atomic mass is 10.1. The maximum absolute atomic E-state index is 12.4. The summed E-state index contributed by atoms with van der Waals surface area (Å²) in [5.74, 6) is -0.0152. The number of methoxy groups -OCH3 is 1. The molecule has 0 unspecified atom stereocenters. The quantitative estimate of drug-likeness (QED) is 0.782. The third kappa shape index (κ3) is 2.18. The fourth-order valence-corrected chi connectivity index (χ4v) is 3.50. The molecule has 0 saturated carbocycles. The molecule has 0 aromatic carbocycles. The first-order chi connectivity index (χ1) is 9.72. The van der Waals surface area contributed by atoms with Crippen LogP contribution < -0.4 is 0 Å². The first-order valence-electron chi connectivity index (χ1n) is 6.59. The third-order valence-corrected chi connectivity index (χ3v) is 4.50. The average Bonchev–Trinajstić information content (AvgIpc) is 3.12. The van der Waals surface area contributed by atoms with Gasteiger partial charge in [0.15, 0.2) is 5.69 Å². The molecule has 2 saturated heterocycles. The number of hydrogen-bond acceptors (Lipinski definition) is 6. The Bertz CT molecular complexity index is 507. The molecule has 7 nitrogen and oxygen atoms in total. The number of hydrogen-bond donors (Lipinski definition) is 0. The van der Waals surface area contributed by atoms with Crippen molar-refractivity contribution in [2.24, 2.45) is 0 Å². The minimum absolute atomic E-state index is 0.0337. The maximum Gasteiger partial charge on any atom is 0.275 e. The Hall–Kier alpha value is -1.54. The highest BCUT2D eigenvalue weighted by molar-refractivity contribution is 7.03. The summed E-state index contributed by atoms with van der Waals surface area (Å²) < 4.78 is 8.76. The van der Waals surface area contributed by atoms with Crippen molar-refractivity contribution >= 4 is 23.3 Å². The van der Waals surface area contributed by atoms with Gasteiger partial charge in [-0.2, -0.15) is 0 Å². The molecule has 2 fully saturated rings. The topological polar surface area (TPSA) is 75.6 Å². The van der Waals surface area contributed by atoms with E-state index in [1.165, 1.54) is 0 Å². The Morgan fingerprint density at radius 3 is 3.10 bits per heavy atom. The van der Waals surface area contributed by atoms with Gasteiger partial charge in [-0.3, -0.25) is 9.59 Å². The molecule has 108 valence electrons. The largest absolute Gasteiger partial charge is 0.383 e. The molecule has 1 aromatic heterocycles. The van der Waals surface area contributed by atoms with E-state index in [2.05, 4.69) is 9.59 Å². The number of nitrogens with zero attached hydrogens (tertiary/aromatic N) is 4. The van der Waals surface area contributed by atoms with E-state index in [0.29, 0.717) is 31.8 Å². The van der Waals surface area contributed by atoms with Crippen molar-refractivity contribution in [2.45, 2.75) is 24.9 Å². The lowest BCUT2D eigenvalue weighted by Crippen LogP contribution is -2.40. The number of likely N-dealkylation sites (tertiary alicyclic amines) is 2. The van der Waals surface area contributed by atoms with Crippen molar-refractivity contribution in [3.8, 4) is 0 Å². The van der Waals surface area contributed by atoms with Crippen LogP contribution in [0.2, 0.25) is 0 Å². The molecule has 3 rings (SSSR count). The van der Waals surface area contributed by atoms with E-state index in [1.807, 2.05) is 4.90 Å². The minimum atomic E-state index is -0.118. The number of aromatic nitrogens is 2. The summed E-state index contributed by atoms with van der Waals surface area (Å²) in [7, 11) is 1.62. The van der Waals surface area contributed by atoms with Crippen molar-refractivity contribution in [3.05, 3.63) is 11.1 Å². The van der Waals surface area contributed by atoms with Crippen LogP contribution in [0, 0.1) is 0 Å². The fourth-order valence-electron chi connectivity index (χ4n) is 3.07. The summed E-state index contributed by atoms with van der Waals surface area (Å²) >= 11 is 1.16. The van der Waals surface area contributed by atoms with Crippen molar-refractivity contribution in [1.82, 2.24) is 19.4 Å². The highest BCUT2D eigenvalue weighted by Gasteiger charge is 2.48. The third-order valence-electron chi connectivity index (χ3n) is 3.99. The predicted molar refractivity (Wildman–Crippen MR) is 71.3 cm³/mol. The number of fused-ring (bicyclic) bond motifs is 1. The second-order valence-corrected chi connectivity index (χ2v) is 5.61. The lowest BCUT2D eigenvalue weighted by molar-refractivity contribution is -0.129. The Morgan fingerprint density at radius 2 is 2.40 bits per heavy atom. The van der Waals surface area contributed by atoms with Gasteiger partial charge in [0.25, 0.3) is 5.91 Å². The summed E-state index contributed by atoms with van der Waals surface area (Å²) in [4.78, 5) is 28.0. The second-order valence-electron chi connectivity index (χ2n) is 5.00. The molecule has 2 aliphatic heterocycles. The Labute approximate surface area is 120 Å². The Kier molecular flexibility index (Phi) is 3.66. The number of carbonyl (C=O) groups is 2. The molecule has 2 amide bonds. The van der Waals surface area contributed by atoms with E-state index in [1.54, 1.807) is 17.4 Å². The van der Waals surface area contributed by atoms with Gasteiger partial charge in [0.2, 0.25) is 5.91 Å². The van der Waals surface area contributed by atoms with E-state index in [4.69, 9.17) is 4.74 Å². The number of amides is 2. The first kappa shape index (κ1) is 13.4. The molecule has 1 aromatic rings. The molecule has 0 spiro atoms. The molecule has 20 heavy (non-hydrogen) atoms. The van der Waals surface area contributed by atoms with Crippen molar-refractivity contribution in [1.29, 1.82) is 0 Å². The summed E-state index contributed by atoms with van der Waals surface area (Å²) in [6, 6.07) is 0.0850. The van der Waals surface area contributed by atoms with Crippen LogP contribution in [0.3, 0.4) is 0 Å². The van der Waals surface area contributed by atoms with Crippen LogP contribution in [0.1, 0.15) is 23.3 Å². The van der Waals surface area contributed by atoms with Gasteiger partial charge in [-0.05, 0) is 18.0 Å². The molecule has 8 heteroatoms. The highest BCUT2D eigenvalue weighted by atomic mass is 32.1. The normalized spacial score (nSPS) is 25.4. The number of rotatable bonds is 4. The Balaban J connectivity index is 1.73. The zero-order chi connectivity index (χ0) is 14.1. The molecule has 0 bridgehead atoms. The minimum Gasteiger partial charge on any atom is -0.383 e. The molecule has 2 aliphatic rings. The van der Waals surface area contributed by atoms with Gasteiger partial charge in [0, 0.05) is 32.0 Å². The van der Waals surface area contributed by atoms with Crippen LogP contribution in [-0.4, -0.2) is 70.1 Å². The van der Waals surface area contributed by atoms with Gasteiger partial charge >= 0.3 is 0 Å². The van der Waals surface area contributed by atoms with Crippen LogP contribution in [0.25, 0.3) is 0 Å². The average molecular weight is 296 g/mol. The molecule has 2 atom stereocenters. The second kappa shape index (κ2) is 5.45. The first-order valence-corrected chi connectivity index (χ1v) is 7.42. The molecular weight excluding hydrogens is 280 g/mol. The molecule has 0 aliphatic carbocycles.